The van der Waals surface area contributed by atoms with Gasteiger partial charge in [0.05, 0.1) is 18.7 Å². The quantitative estimate of drug-likeness (QED) is 0.791. The van der Waals surface area contributed by atoms with Gasteiger partial charge in [-0.25, -0.2) is 17.6 Å². The molecule has 0 saturated heterocycles. The molecule has 0 heterocycles. The molecular weight excluding hydrogens is 240 g/mol. The lowest BCUT2D eigenvalue weighted by atomic mass is 10.2. The van der Waals surface area contributed by atoms with E-state index in [0.29, 0.717) is 6.07 Å². The second kappa shape index (κ2) is 5.13. The molecule has 0 aromatic heterocycles. The maximum absolute atomic E-state index is 13.1. The molecule has 0 fully saturated rings. The van der Waals surface area contributed by atoms with Crippen molar-refractivity contribution in [3.05, 3.63) is 35.4 Å². The molecule has 1 rings (SSSR count). The molecule has 3 nitrogen and oxygen atoms in total. The van der Waals surface area contributed by atoms with Gasteiger partial charge in [-0.1, -0.05) is 0 Å². The molecule has 0 aliphatic heterocycles. The summed E-state index contributed by atoms with van der Waals surface area (Å²) in [5.74, 6) is -6.27. The molecular formula is C10H10F4N2O. The Morgan fingerprint density at radius 2 is 2.00 bits per heavy atom. The summed E-state index contributed by atoms with van der Waals surface area (Å²) in [5.41, 5.74) is 4.26. The molecule has 94 valence electrons. The summed E-state index contributed by atoms with van der Waals surface area (Å²) in [4.78, 5) is 11.3. The van der Waals surface area contributed by atoms with Crippen molar-refractivity contribution in [3.63, 3.8) is 0 Å². The number of nitrogens with one attached hydrogen (secondary N) is 1. The summed E-state index contributed by atoms with van der Waals surface area (Å²) in [6, 6.07) is 2.23. The molecule has 0 bridgehead atoms. The van der Waals surface area contributed by atoms with E-state index in [1.807, 2.05) is 5.32 Å². The maximum atomic E-state index is 13.1. The number of hydrogen-bond acceptors (Lipinski definition) is 2. The smallest absolute Gasteiger partial charge is 0.277 e. The van der Waals surface area contributed by atoms with Crippen LogP contribution in [-0.2, 0) is 0 Å². The van der Waals surface area contributed by atoms with Crippen molar-refractivity contribution in [3.8, 4) is 0 Å². The lowest BCUT2D eigenvalue weighted by Crippen LogP contribution is -2.41. The summed E-state index contributed by atoms with van der Waals surface area (Å²) in [6.07, 6.45) is 0. The molecule has 7 heteroatoms. The Kier molecular flexibility index (Phi) is 4.06. The minimum Gasteiger partial charge on any atom is -0.346 e. The zero-order chi connectivity index (χ0) is 13.1. The van der Waals surface area contributed by atoms with Crippen LogP contribution >= 0.6 is 0 Å². The van der Waals surface area contributed by atoms with Crippen molar-refractivity contribution in [2.75, 3.05) is 13.1 Å². The summed E-state index contributed by atoms with van der Waals surface area (Å²) in [5, 5.41) is 1.82. The van der Waals surface area contributed by atoms with Gasteiger partial charge in [0.2, 0.25) is 0 Å². The van der Waals surface area contributed by atoms with Crippen LogP contribution < -0.4 is 11.1 Å². The van der Waals surface area contributed by atoms with E-state index in [2.05, 4.69) is 0 Å². The molecule has 0 atom stereocenters. The van der Waals surface area contributed by atoms with Crippen molar-refractivity contribution < 1.29 is 22.4 Å². The third kappa shape index (κ3) is 3.70. The van der Waals surface area contributed by atoms with Crippen LogP contribution in [0.15, 0.2) is 18.2 Å². The Hall–Kier alpha value is -1.63. The minimum atomic E-state index is -3.26. The number of alkyl halides is 2. The van der Waals surface area contributed by atoms with E-state index in [1.54, 1.807) is 0 Å². The van der Waals surface area contributed by atoms with Crippen molar-refractivity contribution in [1.29, 1.82) is 0 Å². The first kappa shape index (κ1) is 13.4. The highest BCUT2D eigenvalue weighted by atomic mass is 19.3. The molecule has 1 aromatic rings. The first-order chi connectivity index (χ1) is 7.85. The molecule has 0 unspecified atom stereocenters. The predicted molar refractivity (Wildman–Crippen MR) is 52.7 cm³/mol. The fourth-order valence-electron chi connectivity index (χ4n) is 1.05. The third-order valence-corrected chi connectivity index (χ3v) is 1.98. The molecule has 1 aromatic carbocycles. The fraction of sp³-hybridized carbons (Fsp3) is 0.300. The lowest BCUT2D eigenvalue weighted by molar-refractivity contribution is 0.0118. The van der Waals surface area contributed by atoms with E-state index in [-0.39, 0.29) is 0 Å². The minimum absolute atomic E-state index is 0.496. The van der Waals surface area contributed by atoms with Gasteiger partial charge in [-0.3, -0.25) is 4.79 Å². The van der Waals surface area contributed by atoms with E-state index in [1.165, 1.54) is 0 Å². The van der Waals surface area contributed by atoms with Crippen LogP contribution in [0.5, 0.6) is 0 Å². The van der Waals surface area contributed by atoms with Gasteiger partial charge in [0, 0.05) is 6.07 Å². The molecule has 1 amide bonds. The SMILES string of the molecule is NCC(F)(F)CNC(=O)c1ccc(F)cc1F. The van der Waals surface area contributed by atoms with E-state index >= 15 is 0 Å². The van der Waals surface area contributed by atoms with E-state index in [0.717, 1.165) is 12.1 Å². The van der Waals surface area contributed by atoms with Gasteiger partial charge in [0.1, 0.15) is 11.6 Å². The first-order valence-corrected chi connectivity index (χ1v) is 4.67. The monoisotopic (exact) mass is 250 g/mol. The normalized spacial score (nSPS) is 11.4. The summed E-state index contributed by atoms with van der Waals surface area (Å²) in [7, 11) is 0. The predicted octanol–water partition coefficient (Wildman–Crippen LogP) is 1.29. The zero-order valence-electron chi connectivity index (χ0n) is 8.64. The second-order valence-electron chi connectivity index (χ2n) is 3.37. The summed E-state index contributed by atoms with van der Waals surface area (Å²) >= 11 is 0. The largest absolute Gasteiger partial charge is 0.346 e. The van der Waals surface area contributed by atoms with Crippen molar-refractivity contribution in [2.24, 2.45) is 5.73 Å². The zero-order valence-corrected chi connectivity index (χ0v) is 8.64. The van der Waals surface area contributed by atoms with Crippen LogP contribution in [0.3, 0.4) is 0 Å². The van der Waals surface area contributed by atoms with Crippen LogP contribution in [-0.4, -0.2) is 24.9 Å². The number of halogens is 4. The standard InChI is InChI=1S/C10H10F4N2O/c11-6-1-2-7(8(12)3-6)9(17)16-5-10(13,14)4-15/h1-3H,4-5,15H2,(H,16,17). The Morgan fingerprint density at radius 3 is 2.53 bits per heavy atom. The highest BCUT2D eigenvalue weighted by molar-refractivity contribution is 5.94. The summed E-state index contributed by atoms with van der Waals surface area (Å²) < 4.78 is 51.0. The highest BCUT2D eigenvalue weighted by Gasteiger charge is 2.27. The third-order valence-electron chi connectivity index (χ3n) is 1.98. The number of benzene rings is 1. The number of hydrogen-bond donors (Lipinski definition) is 2. The fourth-order valence-corrected chi connectivity index (χ4v) is 1.05. The van der Waals surface area contributed by atoms with E-state index in [9.17, 15) is 22.4 Å². The molecule has 0 aliphatic carbocycles. The van der Waals surface area contributed by atoms with Crippen LogP contribution in [0, 0.1) is 11.6 Å². The Morgan fingerprint density at radius 1 is 1.35 bits per heavy atom. The lowest BCUT2D eigenvalue weighted by Gasteiger charge is -2.14. The summed E-state index contributed by atoms with van der Waals surface area (Å²) in [6.45, 7) is -1.93. The second-order valence-corrected chi connectivity index (χ2v) is 3.37. The molecule has 17 heavy (non-hydrogen) atoms. The number of carbonyl (C=O) groups is 1. The molecule has 0 spiro atoms. The average molecular weight is 250 g/mol. The Bertz CT molecular complexity index is 423. The van der Waals surface area contributed by atoms with Crippen molar-refractivity contribution in [2.45, 2.75) is 5.92 Å². The topological polar surface area (TPSA) is 55.1 Å². The van der Waals surface area contributed by atoms with Crippen LogP contribution in [0.4, 0.5) is 17.6 Å². The molecule has 0 radical (unpaired) electrons. The number of nitrogens with two attached hydrogens (primary N) is 1. The average Bonchev–Trinajstić information content (AvgIpc) is 2.26. The first-order valence-electron chi connectivity index (χ1n) is 4.67. The Balaban J connectivity index is 2.71. The number of rotatable bonds is 4. The van der Waals surface area contributed by atoms with Crippen LogP contribution in [0.2, 0.25) is 0 Å². The number of carbonyl (C=O) groups excluding carboxylic acids is 1. The highest BCUT2D eigenvalue weighted by Crippen LogP contribution is 2.12. The Labute approximate surface area is 94.6 Å². The van der Waals surface area contributed by atoms with Gasteiger partial charge >= 0.3 is 0 Å². The van der Waals surface area contributed by atoms with Gasteiger partial charge in [0.25, 0.3) is 11.8 Å². The van der Waals surface area contributed by atoms with Gasteiger partial charge in [-0.15, -0.1) is 0 Å². The van der Waals surface area contributed by atoms with E-state index in [4.69, 9.17) is 5.73 Å². The van der Waals surface area contributed by atoms with Gasteiger partial charge in [0.15, 0.2) is 0 Å². The number of amides is 1. The van der Waals surface area contributed by atoms with Gasteiger partial charge < -0.3 is 11.1 Å². The van der Waals surface area contributed by atoms with Crippen molar-refractivity contribution in [1.82, 2.24) is 5.32 Å². The maximum Gasteiger partial charge on any atom is 0.277 e. The van der Waals surface area contributed by atoms with E-state index < -0.39 is 42.1 Å². The molecule has 0 aliphatic rings. The molecule has 3 N–H and O–H groups in total. The van der Waals surface area contributed by atoms with Gasteiger partial charge in [-0.05, 0) is 12.1 Å². The molecule has 0 saturated carbocycles. The van der Waals surface area contributed by atoms with Gasteiger partial charge in [-0.2, -0.15) is 0 Å². The van der Waals surface area contributed by atoms with Crippen LogP contribution in [0.1, 0.15) is 10.4 Å². The van der Waals surface area contributed by atoms with Crippen molar-refractivity contribution >= 4 is 5.91 Å². The van der Waals surface area contributed by atoms with Crippen LogP contribution in [0.25, 0.3) is 0 Å².